The normalized spacial score (nSPS) is 10.9. The van der Waals surface area contributed by atoms with Gasteiger partial charge in [-0.1, -0.05) is 31.2 Å². The van der Waals surface area contributed by atoms with Crippen molar-refractivity contribution >= 4 is 0 Å². The molecule has 2 heterocycles. The van der Waals surface area contributed by atoms with E-state index in [1.165, 1.54) is 6.33 Å². The minimum Gasteiger partial charge on any atom is -0.436 e. The standard InChI is InChI=1S/C22H20FN5O/c1-4-19-20(23)22(25-13-24-19)29-17-11-9-16(10-12-17)28-15(3)26-27-21(28)18-8-6-5-7-14(18)2/h5-13H,4H2,1-3H3. The van der Waals surface area contributed by atoms with Crippen LogP contribution in [0.3, 0.4) is 0 Å². The van der Waals surface area contributed by atoms with Crippen LogP contribution in [0.1, 0.15) is 24.0 Å². The lowest BCUT2D eigenvalue weighted by atomic mass is 10.1. The van der Waals surface area contributed by atoms with Crippen LogP contribution in [0, 0.1) is 19.7 Å². The first-order valence-electron chi connectivity index (χ1n) is 9.34. The third kappa shape index (κ3) is 3.59. The van der Waals surface area contributed by atoms with E-state index in [2.05, 4.69) is 20.2 Å². The number of aryl methyl sites for hydroxylation is 3. The van der Waals surface area contributed by atoms with Crippen LogP contribution in [-0.4, -0.2) is 24.7 Å². The van der Waals surface area contributed by atoms with Crippen molar-refractivity contribution < 1.29 is 9.13 Å². The zero-order valence-electron chi connectivity index (χ0n) is 16.4. The van der Waals surface area contributed by atoms with Gasteiger partial charge in [-0.15, -0.1) is 10.2 Å². The number of rotatable bonds is 5. The Bertz CT molecular complexity index is 1150. The molecule has 2 aromatic carbocycles. The topological polar surface area (TPSA) is 65.7 Å². The zero-order valence-corrected chi connectivity index (χ0v) is 16.4. The number of ether oxygens (including phenoxy) is 1. The molecule has 0 fully saturated rings. The molecule has 0 bridgehead atoms. The Hall–Kier alpha value is -3.61. The molecule has 0 spiro atoms. The van der Waals surface area contributed by atoms with Crippen molar-refractivity contribution in [2.75, 3.05) is 0 Å². The highest BCUT2D eigenvalue weighted by molar-refractivity contribution is 5.62. The summed E-state index contributed by atoms with van der Waals surface area (Å²) in [7, 11) is 0. The maximum atomic E-state index is 14.3. The first kappa shape index (κ1) is 18.7. The summed E-state index contributed by atoms with van der Waals surface area (Å²) in [5, 5.41) is 8.61. The number of hydrogen-bond donors (Lipinski definition) is 0. The summed E-state index contributed by atoms with van der Waals surface area (Å²) in [6, 6.07) is 15.3. The minimum absolute atomic E-state index is 0.0781. The number of hydrogen-bond acceptors (Lipinski definition) is 5. The minimum atomic E-state index is -0.532. The van der Waals surface area contributed by atoms with Gasteiger partial charge in [0.25, 0.3) is 5.88 Å². The van der Waals surface area contributed by atoms with E-state index in [0.29, 0.717) is 17.9 Å². The molecule has 0 amide bonds. The van der Waals surface area contributed by atoms with Gasteiger partial charge in [0.15, 0.2) is 5.82 Å². The van der Waals surface area contributed by atoms with Crippen LogP contribution in [-0.2, 0) is 6.42 Å². The molecule has 4 rings (SSSR count). The highest BCUT2D eigenvalue weighted by Crippen LogP contribution is 2.28. The van der Waals surface area contributed by atoms with Gasteiger partial charge in [-0.2, -0.15) is 9.37 Å². The lowest BCUT2D eigenvalue weighted by Crippen LogP contribution is -2.02. The number of halogens is 1. The van der Waals surface area contributed by atoms with Gasteiger partial charge in [0.05, 0.1) is 5.69 Å². The van der Waals surface area contributed by atoms with Crippen molar-refractivity contribution in [2.45, 2.75) is 27.2 Å². The Morgan fingerprint density at radius 2 is 1.72 bits per heavy atom. The van der Waals surface area contributed by atoms with Crippen LogP contribution in [0.2, 0.25) is 0 Å². The summed E-state index contributed by atoms with van der Waals surface area (Å²) in [6.45, 7) is 5.78. The molecule has 6 nitrogen and oxygen atoms in total. The molecule has 0 radical (unpaired) electrons. The summed E-state index contributed by atoms with van der Waals surface area (Å²) in [4.78, 5) is 7.82. The first-order valence-corrected chi connectivity index (χ1v) is 9.34. The highest BCUT2D eigenvalue weighted by atomic mass is 19.1. The van der Waals surface area contributed by atoms with Crippen molar-refractivity contribution in [1.29, 1.82) is 0 Å². The molecule has 29 heavy (non-hydrogen) atoms. The van der Waals surface area contributed by atoms with E-state index in [1.54, 1.807) is 12.1 Å². The van der Waals surface area contributed by atoms with E-state index in [1.807, 2.05) is 61.7 Å². The summed E-state index contributed by atoms with van der Waals surface area (Å²) in [5.74, 6) is 1.41. The van der Waals surface area contributed by atoms with Gasteiger partial charge in [-0.05, 0) is 50.1 Å². The number of benzene rings is 2. The quantitative estimate of drug-likeness (QED) is 0.489. The maximum Gasteiger partial charge on any atom is 0.259 e. The molecule has 0 atom stereocenters. The molecule has 0 aliphatic rings. The smallest absolute Gasteiger partial charge is 0.259 e. The van der Waals surface area contributed by atoms with Crippen LogP contribution in [0.5, 0.6) is 11.6 Å². The second kappa shape index (κ2) is 7.79. The van der Waals surface area contributed by atoms with Gasteiger partial charge in [-0.3, -0.25) is 4.57 Å². The average Bonchev–Trinajstić information content (AvgIpc) is 3.12. The first-order chi connectivity index (χ1) is 14.1. The van der Waals surface area contributed by atoms with Crippen molar-refractivity contribution in [3.05, 3.63) is 77.8 Å². The molecule has 0 N–H and O–H groups in total. The van der Waals surface area contributed by atoms with Crippen molar-refractivity contribution in [3.8, 4) is 28.7 Å². The lowest BCUT2D eigenvalue weighted by Gasteiger charge is -2.12. The Kier molecular flexibility index (Phi) is 5.03. The van der Waals surface area contributed by atoms with Gasteiger partial charge in [-0.25, -0.2) is 4.98 Å². The van der Waals surface area contributed by atoms with Gasteiger partial charge < -0.3 is 4.74 Å². The molecular weight excluding hydrogens is 369 g/mol. The van der Waals surface area contributed by atoms with Gasteiger partial charge in [0, 0.05) is 11.3 Å². The third-order valence-corrected chi connectivity index (χ3v) is 4.68. The zero-order chi connectivity index (χ0) is 20.4. The Morgan fingerprint density at radius 3 is 2.45 bits per heavy atom. The molecule has 4 aromatic rings. The fourth-order valence-corrected chi connectivity index (χ4v) is 3.15. The Morgan fingerprint density at radius 1 is 0.966 bits per heavy atom. The van der Waals surface area contributed by atoms with Crippen LogP contribution in [0.15, 0.2) is 54.9 Å². The molecule has 146 valence electrons. The molecule has 0 saturated carbocycles. The Labute approximate surface area is 168 Å². The van der Waals surface area contributed by atoms with Crippen molar-refractivity contribution in [3.63, 3.8) is 0 Å². The van der Waals surface area contributed by atoms with Gasteiger partial charge in [0.2, 0.25) is 5.82 Å². The second-order valence-corrected chi connectivity index (χ2v) is 6.61. The molecule has 0 unspecified atom stereocenters. The van der Waals surface area contributed by atoms with Crippen LogP contribution in [0.4, 0.5) is 4.39 Å². The largest absolute Gasteiger partial charge is 0.436 e. The lowest BCUT2D eigenvalue weighted by molar-refractivity contribution is 0.415. The van der Waals surface area contributed by atoms with Gasteiger partial charge >= 0.3 is 0 Å². The fraction of sp³-hybridized carbons (Fsp3) is 0.182. The number of aromatic nitrogens is 5. The van der Waals surface area contributed by atoms with E-state index >= 15 is 0 Å². The third-order valence-electron chi connectivity index (χ3n) is 4.68. The monoisotopic (exact) mass is 389 g/mol. The second-order valence-electron chi connectivity index (χ2n) is 6.61. The van der Waals surface area contributed by atoms with E-state index in [0.717, 1.165) is 28.5 Å². The maximum absolute atomic E-state index is 14.3. The van der Waals surface area contributed by atoms with Gasteiger partial charge in [0.1, 0.15) is 17.9 Å². The summed E-state index contributed by atoms with van der Waals surface area (Å²) in [6.07, 6.45) is 1.78. The fourth-order valence-electron chi connectivity index (χ4n) is 3.15. The SMILES string of the molecule is CCc1ncnc(Oc2ccc(-n3c(C)nnc3-c3ccccc3C)cc2)c1F. The Balaban J connectivity index is 1.66. The van der Waals surface area contributed by atoms with Crippen LogP contribution in [0.25, 0.3) is 17.1 Å². The molecule has 2 aromatic heterocycles. The number of nitrogens with zero attached hydrogens (tertiary/aromatic N) is 5. The molecular formula is C22H20FN5O. The van der Waals surface area contributed by atoms with E-state index in [-0.39, 0.29) is 5.88 Å². The van der Waals surface area contributed by atoms with Crippen LogP contribution >= 0.6 is 0 Å². The predicted octanol–water partition coefficient (Wildman–Crippen LogP) is 4.83. The summed E-state index contributed by atoms with van der Waals surface area (Å²) >= 11 is 0. The molecule has 7 heteroatoms. The van der Waals surface area contributed by atoms with Crippen molar-refractivity contribution in [2.24, 2.45) is 0 Å². The summed E-state index contributed by atoms with van der Waals surface area (Å²) in [5.41, 5.74) is 3.35. The van der Waals surface area contributed by atoms with Crippen molar-refractivity contribution in [1.82, 2.24) is 24.7 Å². The highest BCUT2D eigenvalue weighted by Gasteiger charge is 2.15. The molecule has 0 aliphatic heterocycles. The predicted molar refractivity (Wildman–Crippen MR) is 108 cm³/mol. The molecule has 0 aliphatic carbocycles. The van der Waals surface area contributed by atoms with E-state index in [4.69, 9.17) is 4.74 Å². The van der Waals surface area contributed by atoms with Crippen LogP contribution < -0.4 is 4.74 Å². The average molecular weight is 389 g/mol. The van der Waals surface area contributed by atoms with E-state index in [9.17, 15) is 4.39 Å². The summed E-state index contributed by atoms with van der Waals surface area (Å²) < 4.78 is 21.9. The molecule has 0 saturated heterocycles. The van der Waals surface area contributed by atoms with E-state index < -0.39 is 5.82 Å².